The monoisotopic (exact) mass is 372 g/mol. The normalized spacial score (nSPS) is 20.7. The number of aliphatic hydroxyl groups is 1. The van der Waals surface area contributed by atoms with Crippen LogP contribution in [0.4, 0.5) is 0 Å². The number of nitrogens with one attached hydrogen (secondary N) is 1. The van der Waals surface area contributed by atoms with Gasteiger partial charge in [-0.25, -0.2) is 4.68 Å². The summed E-state index contributed by atoms with van der Waals surface area (Å²) >= 11 is 0. The van der Waals surface area contributed by atoms with Gasteiger partial charge in [0.2, 0.25) is 11.8 Å². The van der Waals surface area contributed by atoms with Crippen molar-refractivity contribution in [2.24, 2.45) is 5.92 Å². The summed E-state index contributed by atoms with van der Waals surface area (Å²) in [6, 6.07) is 2.34. The summed E-state index contributed by atoms with van der Waals surface area (Å²) in [5.74, 6) is -0.604. The fraction of sp³-hybridized carbons (Fsp3) is 0.500. The molecule has 1 saturated heterocycles. The maximum absolute atomic E-state index is 13.2. The van der Waals surface area contributed by atoms with Gasteiger partial charge in [0.1, 0.15) is 17.8 Å². The minimum Gasteiger partial charge on any atom is -0.391 e. The minimum absolute atomic E-state index is 0.0763. The van der Waals surface area contributed by atoms with Gasteiger partial charge in [0, 0.05) is 38.0 Å². The second-order valence-corrected chi connectivity index (χ2v) is 7.02. The number of β-amino-alcohol motifs (C(OH)–C–C–N with tert-alkyl or cyclic N) is 1. The van der Waals surface area contributed by atoms with Crippen LogP contribution in [0.15, 0.2) is 30.7 Å². The van der Waals surface area contributed by atoms with Crippen molar-refractivity contribution in [1.29, 1.82) is 0 Å². The van der Waals surface area contributed by atoms with Crippen molar-refractivity contribution in [2.45, 2.75) is 38.5 Å². The number of amides is 2. The van der Waals surface area contributed by atoms with Gasteiger partial charge in [-0.2, -0.15) is 0 Å². The van der Waals surface area contributed by atoms with E-state index >= 15 is 0 Å². The van der Waals surface area contributed by atoms with E-state index in [1.165, 1.54) is 16.6 Å². The molecule has 0 aliphatic carbocycles. The van der Waals surface area contributed by atoms with Crippen LogP contribution in [-0.4, -0.2) is 67.5 Å². The van der Waals surface area contributed by atoms with Gasteiger partial charge in [0.05, 0.1) is 12.3 Å². The van der Waals surface area contributed by atoms with Crippen LogP contribution in [0.1, 0.15) is 26.3 Å². The number of aliphatic hydroxyl groups excluding tert-OH is 1. The van der Waals surface area contributed by atoms with Crippen LogP contribution < -0.4 is 5.32 Å². The van der Waals surface area contributed by atoms with Gasteiger partial charge in [-0.1, -0.05) is 19.1 Å². The minimum atomic E-state index is -0.716. The average Bonchev–Trinajstić information content (AvgIpc) is 3.28. The predicted octanol–water partition coefficient (Wildman–Crippen LogP) is 0.245. The number of hydrogen-bond acceptors (Lipinski definition) is 6. The molecule has 2 amide bonds. The zero-order valence-corrected chi connectivity index (χ0v) is 15.6. The number of aromatic nitrogens is 4. The van der Waals surface area contributed by atoms with E-state index in [4.69, 9.17) is 0 Å². The smallest absolute Gasteiger partial charge is 0.248 e. The van der Waals surface area contributed by atoms with E-state index in [2.05, 4.69) is 20.6 Å². The molecule has 2 aromatic heterocycles. The number of carbonyl (C=O) groups is 2. The van der Waals surface area contributed by atoms with Crippen molar-refractivity contribution in [3.8, 4) is 11.3 Å². The number of rotatable bonds is 5. The van der Waals surface area contributed by atoms with E-state index in [-0.39, 0.29) is 30.7 Å². The first-order valence-electron chi connectivity index (χ1n) is 8.94. The Labute approximate surface area is 157 Å². The third-order valence-electron chi connectivity index (χ3n) is 4.77. The fourth-order valence-corrected chi connectivity index (χ4v) is 3.41. The number of likely N-dealkylation sites (N-methyl/N-ethyl adjacent to an activating group) is 1. The van der Waals surface area contributed by atoms with E-state index in [1.807, 2.05) is 26.0 Å². The summed E-state index contributed by atoms with van der Waals surface area (Å²) in [6.07, 6.45) is 4.57. The molecule has 1 fully saturated rings. The summed E-state index contributed by atoms with van der Waals surface area (Å²) < 4.78 is 1.54. The molecule has 1 aliphatic heterocycles. The summed E-state index contributed by atoms with van der Waals surface area (Å²) in [6.45, 7) is 3.96. The second kappa shape index (κ2) is 7.83. The molecular formula is C18H24N6O3. The average molecular weight is 372 g/mol. The van der Waals surface area contributed by atoms with E-state index in [0.717, 1.165) is 5.56 Å². The molecule has 0 saturated carbocycles. The Morgan fingerprint density at radius 3 is 2.63 bits per heavy atom. The first-order chi connectivity index (χ1) is 12.9. The van der Waals surface area contributed by atoms with Crippen LogP contribution in [0.25, 0.3) is 11.3 Å². The van der Waals surface area contributed by atoms with Crippen molar-refractivity contribution >= 4 is 11.8 Å². The molecule has 27 heavy (non-hydrogen) atoms. The number of pyridine rings is 1. The molecule has 3 atom stereocenters. The maximum atomic E-state index is 13.2. The molecule has 9 heteroatoms. The molecule has 0 radical (unpaired) electrons. The van der Waals surface area contributed by atoms with Gasteiger partial charge in [-0.05, 0) is 18.1 Å². The maximum Gasteiger partial charge on any atom is 0.248 e. The van der Waals surface area contributed by atoms with Crippen molar-refractivity contribution < 1.29 is 14.7 Å². The fourth-order valence-electron chi connectivity index (χ4n) is 3.41. The lowest BCUT2D eigenvalue weighted by atomic mass is 10.0. The Kier molecular flexibility index (Phi) is 5.50. The third kappa shape index (κ3) is 3.82. The first kappa shape index (κ1) is 19.0. The van der Waals surface area contributed by atoms with Gasteiger partial charge in [-0.15, -0.1) is 5.10 Å². The molecule has 2 N–H and O–H groups in total. The molecule has 9 nitrogen and oxygen atoms in total. The third-order valence-corrected chi connectivity index (χ3v) is 4.77. The number of likely N-dealkylation sites (tertiary alicyclic amines) is 1. The highest BCUT2D eigenvalue weighted by molar-refractivity contribution is 5.90. The zero-order valence-electron chi connectivity index (χ0n) is 15.6. The number of hydrogen-bond donors (Lipinski definition) is 2. The summed E-state index contributed by atoms with van der Waals surface area (Å²) in [5, 5.41) is 20.9. The van der Waals surface area contributed by atoms with Gasteiger partial charge in [0.15, 0.2) is 0 Å². The summed E-state index contributed by atoms with van der Waals surface area (Å²) in [7, 11) is 1.52. The van der Waals surface area contributed by atoms with Gasteiger partial charge in [0.25, 0.3) is 0 Å². The van der Waals surface area contributed by atoms with Gasteiger partial charge in [-0.3, -0.25) is 14.6 Å². The standard InChI is InChI=1S/C18H24N6O3/c1-11(2)16(18(27)23-9-13(25)8-15(23)17(26)19-3)24-10-14(21-22-24)12-4-6-20-7-5-12/h4-7,10-11,13,15-16,25H,8-9H2,1-3H3,(H,19,26)/t13-,15+,16+/m1/s1. The molecule has 144 valence electrons. The van der Waals surface area contributed by atoms with Gasteiger partial charge >= 0.3 is 0 Å². The molecule has 0 aromatic carbocycles. The summed E-state index contributed by atoms with van der Waals surface area (Å²) in [4.78, 5) is 30.8. The Balaban J connectivity index is 1.88. The van der Waals surface area contributed by atoms with Crippen molar-refractivity contribution in [3.63, 3.8) is 0 Å². The van der Waals surface area contributed by atoms with E-state index in [9.17, 15) is 14.7 Å². The molecule has 3 heterocycles. The molecule has 0 spiro atoms. The Morgan fingerprint density at radius 1 is 1.30 bits per heavy atom. The molecule has 2 aromatic rings. The Bertz CT molecular complexity index is 806. The van der Waals surface area contributed by atoms with Crippen LogP contribution in [0, 0.1) is 5.92 Å². The highest BCUT2D eigenvalue weighted by Gasteiger charge is 2.42. The lowest BCUT2D eigenvalue weighted by molar-refractivity contribution is -0.142. The lowest BCUT2D eigenvalue weighted by Gasteiger charge is -2.29. The molecular weight excluding hydrogens is 348 g/mol. The first-order valence-corrected chi connectivity index (χ1v) is 8.94. The van der Waals surface area contributed by atoms with Crippen LogP contribution in [0.3, 0.4) is 0 Å². The molecule has 0 bridgehead atoms. The second-order valence-electron chi connectivity index (χ2n) is 7.02. The van der Waals surface area contributed by atoms with E-state index < -0.39 is 18.2 Å². The number of carbonyl (C=O) groups excluding carboxylic acids is 2. The SMILES string of the molecule is CNC(=O)[C@@H]1C[C@@H](O)CN1C(=O)[C@H](C(C)C)n1cc(-c2ccncc2)nn1. The number of nitrogens with zero attached hydrogens (tertiary/aromatic N) is 5. The largest absolute Gasteiger partial charge is 0.391 e. The van der Waals surface area contributed by atoms with Crippen LogP contribution in [-0.2, 0) is 9.59 Å². The highest BCUT2D eigenvalue weighted by Crippen LogP contribution is 2.27. The summed E-state index contributed by atoms with van der Waals surface area (Å²) in [5.41, 5.74) is 1.49. The van der Waals surface area contributed by atoms with Crippen LogP contribution in [0.2, 0.25) is 0 Å². The molecule has 0 unspecified atom stereocenters. The van der Waals surface area contributed by atoms with Crippen molar-refractivity contribution in [3.05, 3.63) is 30.7 Å². The van der Waals surface area contributed by atoms with Crippen LogP contribution >= 0.6 is 0 Å². The zero-order chi connectivity index (χ0) is 19.6. The van der Waals surface area contributed by atoms with Gasteiger partial charge < -0.3 is 15.3 Å². The molecule has 3 rings (SSSR count). The topological polar surface area (TPSA) is 113 Å². The Hall–Kier alpha value is -2.81. The van der Waals surface area contributed by atoms with Crippen molar-refractivity contribution in [2.75, 3.05) is 13.6 Å². The quantitative estimate of drug-likeness (QED) is 0.778. The van der Waals surface area contributed by atoms with E-state index in [1.54, 1.807) is 18.6 Å². The van der Waals surface area contributed by atoms with Crippen molar-refractivity contribution in [1.82, 2.24) is 30.2 Å². The predicted molar refractivity (Wildman–Crippen MR) is 97.3 cm³/mol. The molecule has 1 aliphatic rings. The highest BCUT2D eigenvalue weighted by atomic mass is 16.3. The van der Waals surface area contributed by atoms with E-state index in [0.29, 0.717) is 5.69 Å². The lowest BCUT2D eigenvalue weighted by Crippen LogP contribution is -2.48. The van der Waals surface area contributed by atoms with Crippen LogP contribution in [0.5, 0.6) is 0 Å². The Morgan fingerprint density at radius 2 is 2.00 bits per heavy atom.